The molecule has 1 aromatic heterocycles. The molecule has 5 nitrogen and oxygen atoms in total. The summed E-state index contributed by atoms with van der Waals surface area (Å²) >= 11 is 7.29. The standard InChI is InChI=1S/C16H16ClF2N3O2S/c1-22(8-11-3-5-14(17)25-11)9-16(24)20-7-15(23)21-10-2-4-12(18)13(19)6-10/h2-6H,7-9H2,1H3,(H,20,24)(H,21,23). The summed E-state index contributed by atoms with van der Waals surface area (Å²) in [5, 5.41) is 4.84. The van der Waals surface area contributed by atoms with Gasteiger partial charge in [0.15, 0.2) is 11.6 Å². The first kappa shape index (κ1) is 19.3. The van der Waals surface area contributed by atoms with Gasteiger partial charge >= 0.3 is 0 Å². The van der Waals surface area contributed by atoms with E-state index in [9.17, 15) is 18.4 Å². The zero-order valence-electron chi connectivity index (χ0n) is 13.3. The largest absolute Gasteiger partial charge is 0.346 e. The van der Waals surface area contributed by atoms with E-state index in [0.717, 1.165) is 17.0 Å². The van der Waals surface area contributed by atoms with Crippen LogP contribution < -0.4 is 10.6 Å². The third-order valence-corrected chi connectivity index (χ3v) is 4.33. The first-order chi connectivity index (χ1) is 11.8. The van der Waals surface area contributed by atoms with Gasteiger partial charge in [-0.25, -0.2) is 8.78 Å². The van der Waals surface area contributed by atoms with Crippen molar-refractivity contribution in [2.24, 2.45) is 0 Å². The van der Waals surface area contributed by atoms with Gasteiger partial charge in [-0.15, -0.1) is 11.3 Å². The molecule has 2 aromatic rings. The summed E-state index contributed by atoms with van der Waals surface area (Å²) in [6, 6.07) is 6.69. The number of likely N-dealkylation sites (N-methyl/N-ethyl adjacent to an activating group) is 1. The van der Waals surface area contributed by atoms with Gasteiger partial charge in [-0.2, -0.15) is 0 Å². The van der Waals surface area contributed by atoms with E-state index in [1.54, 1.807) is 18.0 Å². The molecule has 0 atom stereocenters. The third kappa shape index (κ3) is 6.41. The number of carbonyl (C=O) groups excluding carboxylic acids is 2. The minimum absolute atomic E-state index is 0.105. The fraction of sp³-hybridized carbons (Fsp3) is 0.250. The lowest BCUT2D eigenvalue weighted by Gasteiger charge is -2.15. The van der Waals surface area contributed by atoms with Crippen LogP contribution in [0.1, 0.15) is 4.88 Å². The molecule has 1 aromatic carbocycles. The van der Waals surface area contributed by atoms with Crippen molar-refractivity contribution in [3.63, 3.8) is 0 Å². The van der Waals surface area contributed by atoms with Crippen molar-refractivity contribution in [2.75, 3.05) is 25.5 Å². The molecular formula is C16H16ClF2N3O2S. The highest BCUT2D eigenvalue weighted by Crippen LogP contribution is 2.22. The van der Waals surface area contributed by atoms with Crippen molar-refractivity contribution < 1.29 is 18.4 Å². The molecule has 0 radical (unpaired) electrons. The second-order valence-electron chi connectivity index (χ2n) is 5.33. The van der Waals surface area contributed by atoms with Crippen molar-refractivity contribution in [3.8, 4) is 0 Å². The zero-order chi connectivity index (χ0) is 18.4. The molecular weight excluding hydrogens is 372 g/mol. The molecule has 0 saturated heterocycles. The Bertz CT molecular complexity index is 770. The van der Waals surface area contributed by atoms with Gasteiger partial charge in [-0.05, 0) is 31.3 Å². The number of hydrogen-bond donors (Lipinski definition) is 2. The summed E-state index contributed by atoms with van der Waals surface area (Å²) in [5.74, 6) is -2.92. The summed E-state index contributed by atoms with van der Waals surface area (Å²) < 4.78 is 26.6. The average molecular weight is 388 g/mol. The number of rotatable bonds is 7. The summed E-state index contributed by atoms with van der Waals surface area (Å²) in [5.41, 5.74) is 0.116. The average Bonchev–Trinajstić information content (AvgIpc) is 2.94. The van der Waals surface area contributed by atoms with Gasteiger partial charge in [0.05, 0.1) is 17.4 Å². The maximum absolute atomic E-state index is 13.1. The molecule has 25 heavy (non-hydrogen) atoms. The molecule has 0 aliphatic rings. The van der Waals surface area contributed by atoms with E-state index in [0.29, 0.717) is 10.9 Å². The van der Waals surface area contributed by atoms with E-state index in [1.807, 2.05) is 6.07 Å². The highest BCUT2D eigenvalue weighted by Gasteiger charge is 2.11. The number of hydrogen-bond acceptors (Lipinski definition) is 4. The number of nitrogens with zero attached hydrogens (tertiary/aromatic N) is 1. The van der Waals surface area contributed by atoms with Gasteiger partial charge in [0, 0.05) is 23.2 Å². The number of carbonyl (C=O) groups is 2. The molecule has 1 heterocycles. The fourth-order valence-electron chi connectivity index (χ4n) is 2.02. The lowest BCUT2D eigenvalue weighted by molar-refractivity contribution is -0.124. The second kappa shape index (κ2) is 8.89. The Hall–Kier alpha value is -2.03. The molecule has 0 unspecified atom stereocenters. The number of amides is 2. The van der Waals surface area contributed by atoms with Gasteiger partial charge in [-0.3, -0.25) is 14.5 Å². The number of anilines is 1. The van der Waals surface area contributed by atoms with Gasteiger partial charge in [0.2, 0.25) is 11.8 Å². The first-order valence-electron chi connectivity index (χ1n) is 7.28. The highest BCUT2D eigenvalue weighted by atomic mass is 35.5. The minimum atomic E-state index is -1.06. The number of benzene rings is 1. The molecule has 0 aliphatic carbocycles. The smallest absolute Gasteiger partial charge is 0.243 e. The molecule has 2 amide bonds. The normalized spacial score (nSPS) is 10.8. The van der Waals surface area contributed by atoms with Crippen molar-refractivity contribution >= 4 is 40.4 Å². The number of nitrogens with one attached hydrogen (secondary N) is 2. The predicted octanol–water partition coefficient (Wildman–Crippen LogP) is 2.87. The van der Waals surface area contributed by atoms with Crippen LogP contribution in [0.15, 0.2) is 30.3 Å². The minimum Gasteiger partial charge on any atom is -0.346 e. The van der Waals surface area contributed by atoms with Crippen LogP contribution in [-0.2, 0) is 16.1 Å². The molecule has 134 valence electrons. The predicted molar refractivity (Wildman–Crippen MR) is 93.7 cm³/mol. The number of thiophene rings is 1. The van der Waals surface area contributed by atoms with E-state index in [4.69, 9.17) is 11.6 Å². The SMILES string of the molecule is CN(CC(=O)NCC(=O)Nc1ccc(F)c(F)c1)Cc1ccc(Cl)s1. The number of halogens is 3. The molecule has 0 aliphatic heterocycles. The van der Waals surface area contributed by atoms with E-state index >= 15 is 0 Å². The molecule has 0 spiro atoms. The first-order valence-corrected chi connectivity index (χ1v) is 8.47. The van der Waals surface area contributed by atoms with Crippen LogP contribution in [-0.4, -0.2) is 36.9 Å². The van der Waals surface area contributed by atoms with Gasteiger partial charge in [0.1, 0.15) is 0 Å². The molecule has 0 fully saturated rings. The Morgan fingerprint density at radius 2 is 1.92 bits per heavy atom. The zero-order valence-corrected chi connectivity index (χ0v) is 14.9. The Kier molecular flexibility index (Phi) is 6.86. The van der Waals surface area contributed by atoms with E-state index in [-0.39, 0.29) is 24.7 Å². The van der Waals surface area contributed by atoms with Crippen molar-refractivity contribution in [3.05, 3.63) is 51.2 Å². The monoisotopic (exact) mass is 387 g/mol. The Morgan fingerprint density at radius 1 is 1.16 bits per heavy atom. The molecule has 0 bridgehead atoms. The lowest BCUT2D eigenvalue weighted by atomic mass is 10.3. The molecule has 2 N–H and O–H groups in total. The van der Waals surface area contributed by atoms with Gasteiger partial charge in [-0.1, -0.05) is 11.6 Å². The van der Waals surface area contributed by atoms with E-state index in [1.165, 1.54) is 17.4 Å². The van der Waals surface area contributed by atoms with E-state index < -0.39 is 17.5 Å². The van der Waals surface area contributed by atoms with E-state index in [2.05, 4.69) is 10.6 Å². The lowest BCUT2D eigenvalue weighted by Crippen LogP contribution is -2.38. The van der Waals surface area contributed by atoms with Crippen molar-refractivity contribution in [2.45, 2.75) is 6.54 Å². The van der Waals surface area contributed by atoms with Gasteiger partial charge < -0.3 is 10.6 Å². The molecule has 2 rings (SSSR count). The quantitative estimate of drug-likeness (QED) is 0.768. The van der Waals surface area contributed by atoms with Crippen molar-refractivity contribution in [1.82, 2.24) is 10.2 Å². The van der Waals surface area contributed by atoms with Crippen LogP contribution in [0.2, 0.25) is 4.34 Å². The topological polar surface area (TPSA) is 61.4 Å². The van der Waals surface area contributed by atoms with Crippen LogP contribution in [0.25, 0.3) is 0 Å². The van der Waals surface area contributed by atoms with Crippen LogP contribution in [0.5, 0.6) is 0 Å². The van der Waals surface area contributed by atoms with Crippen LogP contribution in [0.4, 0.5) is 14.5 Å². The van der Waals surface area contributed by atoms with Crippen LogP contribution >= 0.6 is 22.9 Å². The Balaban J connectivity index is 1.73. The Labute approximate surface area is 152 Å². The summed E-state index contributed by atoms with van der Waals surface area (Å²) in [6.07, 6.45) is 0. The fourth-order valence-corrected chi connectivity index (χ4v) is 3.19. The van der Waals surface area contributed by atoms with Crippen LogP contribution in [0, 0.1) is 11.6 Å². The maximum Gasteiger partial charge on any atom is 0.243 e. The maximum atomic E-state index is 13.1. The molecule has 9 heteroatoms. The van der Waals surface area contributed by atoms with Gasteiger partial charge in [0.25, 0.3) is 0 Å². The van der Waals surface area contributed by atoms with Crippen LogP contribution in [0.3, 0.4) is 0 Å². The highest BCUT2D eigenvalue weighted by molar-refractivity contribution is 7.16. The second-order valence-corrected chi connectivity index (χ2v) is 7.13. The third-order valence-electron chi connectivity index (χ3n) is 3.12. The summed E-state index contributed by atoms with van der Waals surface area (Å²) in [7, 11) is 1.77. The summed E-state index contributed by atoms with van der Waals surface area (Å²) in [6.45, 7) is 0.399. The Morgan fingerprint density at radius 3 is 2.56 bits per heavy atom. The summed E-state index contributed by atoms with van der Waals surface area (Å²) in [4.78, 5) is 26.4. The molecule has 0 saturated carbocycles. The van der Waals surface area contributed by atoms with Crippen molar-refractivity contribution in [1.29, 1.82) is 0 Å².